The molecule has 0 bridgehead atoms. The SMILES string of the molecule is CCCCn1c(SCC(=O)c2cc(C)n(-c3cc(C)on3)c2C)nc2ccccc2c1=O. The summed E-state index contributed by atoms with van der Waals surface area (Å²) in [5.74, 6) is 1.55. The van der Waals surface area contributed by atoms with E-state index in [0.717, 1.165) is 24.2 Å². The van der Waals surface area contributed by atoms with Crippen LogP contribution in [0.25, 0.3) is 16.7 Å². The molecule has 3 heterocycles. The van der Waals surface area contributed by atoms with Crippen LogP contribution in [-0.4, -0.2) is 30.8 Å². The Morgan fingerprint density at radius 1 is 1.16 bits per heavy atom. The van der Waals surface area contributed by atoms with Crippen molar-refractivity contribution in [3.8, 4) is 5.82 Å². The predicted octanol–water partition coefficient (Wildman–Crippen LogP) is 4.88. The molecule has 0 amide bonds. The van der Waals surface area contributed by atoms with Crippen molar-refractivity contribution in [2.45, 2.75) is 52.2 Å². The number of thioether (sulfide) groups is 1. The predicted molar refractivity (Wildman–Crippen MR) is 126 cm³/mol. The first-order valence-electron chi connectivity index (χ1n) is 10.7. The minimum atomic E-state index is -0.0569. The van der Waals surface area contributed by atoms with Crippen LogP contribution in [0.5, 0.6) is 0 Å². The number of aryl methyl sites for hydroxylation is 2. The Morgan fingerprint density at radius 2 is 1.94 bits per heavy atom. The second-order valence-electron chi connectivity index (χ2n) is 7.85. The van der Waals surface area contributed by atoms with Crippen LogP contribution in [0.15, 0.2) is 50.9 Å². The lowest BCUT2D eigenvalue weighted by molar-refractivity contribution is 0.102. The molecule has 0 unspecified atom stereocenters. The fourth-order valence-electron chi connectivity index (χ4n) is 3.84. The standard InChI is InChI=1S/C24H26N4O3S/c1-5-6-11-27-23(30)18-9-7-8-10-20(18)25-24(27)32-14-21(29)19-12-15(2)28(17(19)4)22-13-16(3)31-26-22/h7-10,12-13H,5-6,11,14H2,1-4H3. The molecule has 0 atom stereocenters. The Hall–Kier alpha value is -3.13. The van der Waals surface area contributed by atoms with Gasteiger partial charge in [-0.3, -0.25) is 18.7 Å². The zero-order valence-electron chi connectivity index (χ0n) is 18.7. The fraction of sp³-hybridized carbons (Fsp3) is 0.333. The van der Waals surface area contributed by atoms with Crippen LogP contribution in [0.2, 0.25) is 0 Å². The van der Waals surface area contributed by atoms with Gasteiger partial charge < -0.3 is 4.52 Å². The normalized spacial score (nSPS) is 11.4. The lowest BCUT2D eigenvalue weighted by Crippen LogP contribution is -2.24. The van der Waals surface area contributed by atoms with Crippen molar-refractivity contribution >= 4 is 28.4 Å². The number of nitrogens with zero attached hydrogens (tertiary/aromatic N) is 4. The monoisotopic (exact) mass is 450 g/mol. The van der Waals surface area contributed by atoms with E-state index in [1.807, 2.05) is 55.7 Å². The quantitative estimate of drug-likeness (QED) is 0.216. The van der Waals surface area contributed by atoms with Crippen molar-refractivity contribution in [2.75, 3.05) is 5.75 Å². The summed E-state index contributed by atoms with van der Waals surface area (Å²) in [5.41, 5.74) is 2.96. The van der Waals surface area contributed by atoms with Gasteiger partial charge in [0, 0.05) is 29.6 Å². The summed E-state index contributed by atoms with van der Waals surface area (Å²) in [7, 11) is 0. The maximum Gasteiger partial charge on any atom is 0.262 e. The first kappa shape index (κ1) is 22.1. The molecule has 0 aliphatic heterocycles. The molecule has 4 rings (SSSR count). The van der Waals surface area contributed by atoms with Gasteiger partial charge in [-0.15, -0.1) is 0 Å². The van der Waals surface area contributed by atoms with E-state index in [4.69, 9.17) is 9.51 Å². The number of hydrogen-bond acceptors (Lipinski definition) is 6. The van der Waals surface area contributed by atoms with Crippen LogP contribution in [0.1, 0.15) is 47.3 Å². The number of para-hydroxylation sites is 1. The average Bonchev–Trinajstić information content (AvgIpc) is 3.33. The molecule has 0 aliphatic carbocycles. The van der Waals surface area contributed by atoms with E-state index in [9.17, 15) is 9.59 Å². The molecule has 7 nitrogen and oxygen atoms in total. The van der Waals surface area contributed by atoms with E-state index < -0.39 is 0 Å². The Morgan fingerprint density at radius 3 is 2.66 bits per heavy atom. The summed E-state index contributed by atoms with van der Waals surface area (Å²) in [4.78, 5) is 30.9. The highest BCUT2D eigenvalue weighted by Crippen LogP contribution is 2.24. The molecular weight excluding hydrogens is 424 g/mol. The van der Waals surface area contributed by atoms with E-state index in [1.165, 1.54) is 11.8 Å². The van der Waals surface area contributed by atoms with E-state index in [1.54, 1.807) is 10.6 Å². The number of carbonyl (C=O) groups is 1. The molecule has 0 spiro atoms. The maximum atomic E-state index is 13.1. The molecule has 32 heavy (non-hydrogen) atoms. The number of rotatable bonds is 8. The van der Waals surface area contributed by atoms with Crippen LogP contribution < -0.4 is 5.56 Å². The van der Waals surface area contributed by atoms with Gasteiger partial charge in [0.25, 0.3) is 5.56 Å². The highest BCUT2D eigenvalue weighted by atomic mass is 32.2. The number of fused-ring (bicyclic) bond motifs is 1. The molecule has 0 radical (unpaired) electrons. The molecular formula is C24H26N4O3S. The number of carbonyl (C=O) groups excluding carboxylic acids is 1. The van der Waals surface area contributed by atoms with Gasteiger partial charge in [-0.25, -0.2) is 4.98 Å². The van der Waals surface area contributed by atoms with Crippen molar-refractivity contribution in [1.29, 1.82) is 0 Å². The molecule has 4 aromatic rings. The zero-order valence-corrected chi connectivity index (χ0v) is 19.5. The number of unbranched alkanes of at least 4 members (excludes halogenated alkanes) is 1. The molecule has 0 N–H and O–H groups in total. The molecule has 0 saturated heterocycles. The summed E-state index contributed by atoms with van der Waals surface area (Å²) in [6.07, 6.45) is 1.84. The van der Waals surface area contributed by atoms with Gasteiger partial charge >= 0.3 is 0 Å². The third-order valence-corrected chi connectivity index (χ3v) is 6.45. The van der Waals surface area contributed by atoms with Crippen molar-refractivity contribution in [3.05, 3.63) is 69.5 Å². The summed E-state index contributed by atoms with van der Waals surface area (Å²) in [6.45, 7) is 8.35. The van der Waals surface area contributed by atoms with Gasteiger partial charge in [0.1, 0.15) is 5.76 Å². The third-order valence-electron chi connectivity index (χ3n) is 5.47. The lowest BCUT2D eigenvalue weighted by Gasteiger charge is -2.12. The van der Waals surface area contributed by atoms with Gasteiger partial charge in [-0.2, -0.15) is 0 Å². The van der Waals surface area contributed by atoms with Crippen LogP contribution in [-0.2, 0) is 6.54 Å². The minimum absolute atomic E-state index is 0.0148. The van der Waals surface area contributed by atoms with Crippen molar-refractivity contribution in [3.63, 3.8) is 0 Å². The average molecular weight is 451 g/mol. The molecule has 8 heteroatoms. The van der Waals surface area contributed by atoms with Gasteiger partial charge in [0.15, 0.2) is 16.8 Å². The summed E-state index contributed by atoms with van der Waals surface area (Å²) in [6, 6.07) is 11.1. The molecule has 3 aromatic heterocycles. The van der Waals surface area contributed by atoms with Gasteiger partial charge in [0.05, 0.1) is 16.7 Å². The molecule has 0 saturated carbocycles. The molecule has 0 fully saturated rings. The Kier molecular flexibility index (Phi) is 6.32. The summed E-state index contributed by atoms with van der Waals surface area (Å²) < 4.78 is 8.81. The number of hydrogen-bond donors (Lipinski definition) is 0. The maximum absolute atomic E-state index is 13.1. The zero-order chi connectivity index (χ0) is 22.8. The van der Waals surface area contributed by atoms with Crippen LogP contribution in [0.3, 0.4) is 0 Å². The summed E-state index contributed by atoms with van der Waals surface area (Å²) >= 11 is 1.31. The molecule has 0 aliphatic rings. The number of ketones is 1. The van der Waals surface area contributed by atoms with E-state index in [-0.39, 0.29) is 17.1 Å². The molecule has 1 aromatic carbocycles. The molecule has 166 valence electrons. The van der Waals surface area contributed by atoms with Crippen LogP contribution in [0, 0.1) is 20.8 Å². The highest BCUT2D eigenvalue weighted by Gasteiger charge is 2.20. The van der Waals surface area contributed by atoms with Crippen LogP contribution in [0.4, 0.5) is 0 Å². The van der Waals surface area contributed by atoms with Gasteiger partial charge in [-0.05, 0) is 45.4 Å². The minimum Gasteiger partial charge on any atom is -0.360 e. The largest absolute Gasteiger partial charge is 0.360 e. The van der Waals surface area contributed by atoms with Crippen molar-refractivity contribution in [2.24, 2.45) is 0 Å². The Labute approximate surface area is 190 Å². The number of benzene rings is 1. The highest BCUT2D eigenvalue weighted by molar-refractivity contribution is 7.99. The number of aromatic nitrogens is 4. The third kappa shape index (κ3) is 4.14. The lowest BCUT2D eigenvalue weighted by atomic mass is 10.2. The van der Waals surface area contributed by atoms with E-state index in [2.05, 4.69) is 12.1 Å². The topological polar surface area (TPSA) is 82.9 Å². The van der Waals surface area contributed by atoms with E-state index in [0.29, 0.717) is 39.7 Å². The van der Waals surface area contributed by atoms with Gasteiger partial charge in [-0.1, -0.05) is 42.4 Å². The summed E-state index contributed by atoms with van der Waals surface area (Å²) in [5, 5.41) is 5.26. The Bertz CT molecular complexity index is 1350. The van der Waals surface area contributed by atoms with Crippen molar-refractivity contribution < 1.29 is 9.32 Å². The smallest absolute Gasteiger partial charge is 0.262 e. The second kappa shape index (κ2) is 9.16. The van der Waals surface area contributed by atoms with Crippen LogP contribution >= 0.6 is 11.8 Å². The van der Waals surface area contributed by atoms with Crippen molar-refractivity contribution in [1.82, 2.24) is 19.3 Å². The Balaban J connectivity index is 1.63. The van der Waals surface area contributed by atoms with Gasteiger partial charge in [0.2, 0.25) is 0 Å². The first-order valence-corrected chi connectivity index (χ1v) is 11.7. The fourth-order valence-corrected chi connectivity index (χ4v) is 4.74. The second-order valence-corrected chi connectivity index (χ2v) is 8.79. The van der Waals surface area contributed by atoms with E-state index >= 15 is 0 Å². The first-order chi connectivity index (χ1) is 15.4. The number of Topliss-reactive ketones (excluding diaryl/α,β-unsaturated/α-hetero) is 1.